The molecule has 1 N–H and O–H groups in total. The number of aliphatic hydroxyl groups is 1. The van der Waals surface area contributed by atoms with Crippen LogP contribution < -0.4 is 10.4 Å². The fraction of sp³-hybridized carbons (Fsp3) is 0.524. The Hall–Kier alpha value is -2.34. The van der Waals surface area contributed by atoms with E-state index in [1.165, 1.54) is 6.07 Å². The molecule has 0 radical (unpaired) electrons. The molecule has 6 nitrogen and oxygen atoms in total. The van der Waals surface area contributed by atoms with Crippen LogP contribution in [0, 0.1) is 12.8 Å². The molecular formula is C21H25NO5. The highest BCUT2D eigenvalue weighted by molar-refractivity contribution is 5.81. The van der Waals surface area contributed by atoms with Crippen molar-refractivity contribution in [2.45, 2.75) is 44.6 Å². The molecule has 1 saturated carbocycles. The molecule has 0 spiro atoms. The maximum atomic E-state index is 12.6. The number of hydrogen-bond donors (Lipinski definition) is 1. The molecule has 6 heteroatoms. The van der Waals surface area contributed by atoms with Crippen molar-refractivity contribution < 1.29 is 19.1 Å². The summed E-state index contributed by atoms with van der Waals surface area (Å²) in [5.74, 6) is 0.589. The van der Waals surface area contributed by atoms with Crippen LogP contribution in [0.2, 0.25) is 0 Å². The molecule has 2 fully saturated rings. The minimum atomic E-state index is -0.594. The molecule has 1 saturated heterocycles. The zero-order valence-electron chi connectivity index (χ0n) is 15.6. The summed E-state index contributed by atoms with van der Waals surface area (Å²) in [7, 11) is 0. The Kier molecular flexibility index (Phi) is 4.68. The standard InChI is InChI=1S/C21H25NO5/c1-14-10-20(24)27-18-11-16(5-6-17(14)18)26-13-19(23)22-9-8-21(25)7-3-2-4-15(21)12-22/h5-6,10-11,15,25H,2-4,7-9,12-13H2,1H3/t15-,21+/m0/s1. The summed E-state index contributed by atoms with van der Waals surface area (Å²) in [6.45, 7) is 2.96. The summed E-state index contributed by atoms with van der Waals surface area (Å²) >= 11 is 0. The highest BCUT2D eigenvalue weighted by atomic mass is 16.5. The molecule has 2 aliphatic rings. The lowest BCUT2D eigenvalue weighted by Crippen LogP contribution is -2.55. The van der Waals surface area contributed by atoms with E-state index in [1.807, 2.05) is 13.0 Å². The Bertz CT molecular complexity index is 920. The summed E-state index contributed by atoms with van der Waals surface area (Å²) in [5, 5.41) is 11.6. The lowest BCUT2D eigenvalue weighted by atomic mass is 9.71. The number of hydrogen-bond acceptors (Lipinski definition) is 5. The third-order valence-electron chi connectivity index (χ3n) is 6.07. The van der Waals surface area contributed by atoms with Crippen LogP contribution in [0.4, 0.5) is 0 Å². The lowest BCUT2D eigenvalue weighted by molar-refractivity contribution is -0.145. The number of fused-ring (bicyclic) bond motifs is 2. The molecule has 4 rings (SSSR count). The topological polar surface area (TPSA) is 80.0 Å². The maximum absolute atomic E-state index is 12.6. The molecule has 144 valence electrons. The number of rotatable bonds is 3. The molecule has 1 aliphatic heterocycles. The first-order chi connectivity index (χ1) is 12.9. The summed E-state index contributed by atoms with van der Waals surface area (Å²) in [6, 6.07) is 6.71. The van der Waals surface area contributed by atoms with E-state index in [0.29, 0.717) is 30.8 Å². The fourth-order valence-electron chi connectivity index (χ4n) is 4.43. The minimum absolute atomic E-state index is 0.0628. The van der Waals surface area contributed by atoms with Crippen molar-refractivity contribution in [3.05, 3.63) is 40.2 Å². The van der Waals surface area contributed by atoms with Gasteiger partial charge >= 0.3 is 5.63 Å². The zero-order chi connectivity index (χ0) is 19.0. The van der Waals surface area contributed by atoms with Gasteiger partial charge in [0.2, 0.25) is 0 Å². The van der Waals surface area contributed by atoms with E-state index in [4.69, 9.17) is 9.15 Å². The third kappa shape index (κ3) is 3.58. The summed E-state index contributed by atoms with van der Waals surface area (Å²) in [5.41, 5.74) is 0.303. The van der Waals surface area contributed by atoms with Gasteiger partial charge in [0.15, 0.2) is 6.61 Å². The van der Waals surface area contributed by atoms with Crippen molar-refractivity contribution in [1.29, 1.82) is 0 Å². The number of ether oxygens (including phenoxy) is 1. The molecule has 2 aromatic rings. The number of benzene rings is 1. The van der Waals surface area contributed by atoms with Gasteiger partial charge in [-0.05, 0) is 43.9 Å². The van der Waals surface area contributed by atoms with Crippen molar-refractivity contribution >= 4 is 16.9 Å². The van der Waals surface area contributed by atoms with Gasteiger partial charge < -0.3 is 19.2 Å². The van der Waals surface area contributed by atoms with Crippen molar-refractivity contribution in [2.24, 2.45) is 5.92 Å². The summed E-state index contributed by atoms with van der Waals surface area (Å²) in [4.78, 5) is 25.9. The van der Waals surface area contributed by atoms with Crippen LogP contribution in [0.25, 0.3) is 11.0 Å². The van der Waals surface area contributed by atoms with Crippen molar-refractivity contribution in [2.75, 3.05) is 19.7 Å². The van der Waals surface area contributed by atoms with Gasteiger partial charge in [0.1, 0.15) is 11.3 Å². The van der Waals surface area contributed by atoms with E-state index in [9.17, 15) is 14.7 Å². The Balaban J connectivity index is 1.41. The largest absolute Gasteiger partial charge is 0.484 e. The monoisotopic (exact) mass is 371 g/mol. The van der Waals surface area contributed by atoms with E-state index < -0.39 is 11.2 Å². The summed E-state index contributed by atoms with van der Waals surface area (Å²) < 4.78 is 10.9. The predicted octanol–water partition coefficient (Wildman–Crippen LogP) is 2.63. The van der Waals surface area contributed by atoms with Gasteiger partial charge in [-0.3, -0.25) is 4.79 Å². The first-order valence-corrected chi connectivity index (χ1v) is 9.62. The van der Waals surface area contributed by atoms with E-state index in [1.54, 1.807) is 17.0 Å². The number of amides is 1. The second kappa shape index (κ2) is 7.00. The average Bonchev–Trinajstić information content (AvgIpc) is 2.64. The molecule has 2 atom stereocenters. The molecule has 1 aromatic carbocycles. The minimum Gasteiger partial charge on any atom is -0.484 e. The van der Waals surface area contributed by atoms with Crippen LogP contribution in [-0.4, -0.2) is 41.2 Å². The molecule has 27 heavy (non-hydrogen) atoms. The Morgan fingerprint density at radius 3 is 3.04 bits per heavy atom. The second-order valence-electron chi connectivity index (χ2n) is 7.83. The van der Waals surface area contributed by atoms with Gasteiger partial charge in [-0.1, -0.05) is 12.8 Å². The quantitative estimate of drug-likeness (QED) is 0.839. The number of piperidine rings is 1. The third-order valence-corrected chi connectivity index (χ3v) is 6.07. The number of nitrogens with zero attached hydrogens (tertiary/aromatic N) is 1. The van der Waals surface area contributed by atoms with Gasteiger partial charge in [0, 0.05) is 36.5 Å². The van der Waals surface area contributed by atoms with E-state index in [2.05, 4.69) is 0 Å². The fourth-order valence-corrected chi connectivity index (χ4v) is 4.43. The molecule has 2 heterocycles. The number of carbonyl (C=O) groups is 1. The van der Waals surface area contributed by atoms with Gasteiger partial charge in [0.25, 0.3) is 5.91 Å². The highest BCUT2D eigenvalue weighted by Crippen LogP contribution is 2.39. The smallest absolute Gasteiger partial charge is 0.336 e. The van der Waals surface area contributed by atoms with Gasteiger partial charge in [0.05, 0.1) is 5.60 Å². The molecule has 1 aliphatic carbocycles. The zero-order valence-corrected chi connectivity index (χ0v) is 15.6. The average molecular weight is 371 g/mol. The van der Waals surface area contributed by atoms with Crippen LogP contribution >= 0.6 is 0 Å². The molecule has 0 bridgehead atoms. The van der Waals surface area contributed by atoms with Crippen LogP contribution in [0.3, 0.4) is 0 Å². The van der Waals surface area contributed by atoms with Crippen LogP contribution in [0.5, 0.6) is 5.75 Å². The van der Waals surface area contributed by atoms with Crippen molar-refractivity contribution in [3.63, 3.8) is 0 Å². The Morgan fingerprint density at radius 2 is 2.19 bits per heavy atom. The molecule has 1 aromatic heterocycles. The van der Waals surface area contributed by atoms with Gasteiger partial charge in [-0.2, -0.15) is 0 Å². The van der Waals surface area contributed by atoms with E-state index in [0.717, 1.165) is 36.6 Å². The van der Waals surface area contributed by atoms with Crippen molar-refractivity contribution in [3.8, 4) is 5.75 Å². The van der Waals surface area contributed by atoms with Crippen molar-refractivity contribution in [1.82, 2.24) is 4.90 Å². The first-order valence-electron chi connectivity index (χ1n) is 9.62. The second-order valence-corrected chi connectivity index (χ2v) is 7.83. The molecule has 1 amide bonds. The Morgan fingerprint density at radius 1 is 1.33 bits per heavy atom. The van der Waals surface area contributed by atoms with Crippen LogP contribution in [0.1, 0.15) is 37.7 Å². The van der Waals surface area contributed by atoms with E-state index >= 15 is 0 Å². The van der Waals surface area contributed by atoms with Gasteiger partial charge in [-0.25, -0.2) is 4.79 Å². The first kappa shape index (κ1) is 18.0. The Labute approximate surface area is 157 Å². The van der Waals surface area contributed by atoms with Gasteiger partial charge in [-0.15, -0.1) is 0 Å². The SMILES string of the molecule is Cc1cc(=O)oc2cc(OCC(=O)N3CC[C@]4(O)CCCC[C@H]4C3)ccc12. The van der Waals surface area contributed by atoms with Crippen LogP contribution in [-0.2, 0) is 4.79 Å². The number of carbonyl (C=O) groups excluding carboxylic acids is 1. The highest BCUT2D eigenvalue weighted by Gasteiger charge is 2.43. The maximum Gasteiger partial charge on any atom is 0.336 e. The molecular weight excluding hydrogens is 346 g/mol. The number of aryl methyl sites for hydroxylation is 1. The lowest BCUT2D eigenvalue weighted by Gasteiger charge is -2.47. The number of likely N-dealkylation sites (tertiary alicyclic amines) is 1. The normalized spacial score (nSPS) is 25.3. The molecule has 0 unspecified atom stereocenters. The van der Waals surface area contributed by atoms with Crippen LogP contribution in [0.15, 0.2) is 33.5 Å². The predicted molar refractivity (Wildman–Crippen MR) is 101 cm³/mol. The summed E-state index contributed by atoms with van der Waals surface area (Å²) in [6.07, 6.45) is 4.65. The van der Waals surface area contributed by atoms with E-state index in [-0.39, 0.29) is 18.4 Å².